The Hall–Kier alpha value is -0.590. The second-order valence-electron chi connectivity index (χ2n) is 3.17. The van der Waals surface area contributed by atoms with E-state index in [2.05, 4.69) is 15.5 Å². The van der Waals surface area contributed by atoms with Gasteiger partial charge in [0.2, 0.25) is 0 Å². The first kappa shape index (κ1) is 12.5. The third kappa shape index (κ3) is 5.15. The Morgan fingerprint density at radius 3 is 3.07 bits per heavy atom. The van der Waals surface area contributed by atoms with E-state index in [4.69, 9.17) is 4.74 Å². The minimum absolute atomic E-state index is 0.823. The van der Waals surface area contributed by atoms with Crippen molar-refractivity contribution in [3.63, 3.8) is 0 Å². The van der Waals surface area contributed by atoms with Gasteiger partial charge in [-0.3, -0.25) is 0 Å². The van der Waals surface area contributed by atoms with Crippen LogP contribution in [-0.4, -0.2) is 47.3 Å². The van der Waals surface area contributed by atoms with Gasteiger partial charge in [0, 0.05) is 33.1 Å². The molecule has 1 aromatic rings. The maximum absolute atomic E-state index is 4.96. The summed E-state index contributed by atoms with van der Waals surface area (Å²) < 4.78 is 6.88. The van der Waals surface area contributed by atoms with Crippen LogP contribution in [0.2, 0.25) is 0 Å². The fourth-order valence-electron chi connectivity index (χ4n) is 1.08. The monoisotopic (exact) mass is 230 g/mol. The van der Waals surface area contributed by atoms with Crippen molar-refractivity contribution >= 4 is 11.8 Å². The van der Waals surface area contributed by atoms with E-state index in [1.807, 2.05) is 11.6 Å². The van der Waals surface area contributed by atoms with E-state index < -0.39 is 0 Å². The van der Waals surface area contributed by atoms with Crippen LogP contribution >= 0.6 is 11.8 Å². The molecule has 0 amide bonds. The first-order valence-corrected chi connectivity index (χ1v) is 5.99. The SMILES string of the molecule is COCCCNCCSc1nncn1C. The highest BCUT2D eigenvalue weighted by Gasteiger charge is 1.99. The smallest absolute Gasteiger partial charge is 0.190 e. The van der Waals surface area contributed by atoms with Crippen LogP contribution in [0.25, 0.3) is 0 Å². The van der Waals surface area contributed by atoms with Crippen molar-refractivity contribution in [2.75, 3.05) is 32.6 Å². The molecule has 0 saturated carbocycles. The first-order valence-electron chi connectivity index (χ1n) is 5.01. The lowest BCUT2D eigenvalue weighted by Crippen LogP contribution is -2.19. The molecule has 0 aliphatic rings. The standard InChI is InChI=1S/C9H18N4OS/c1-13-8-11-12-9(13)15-7-5-10-4-3-6-14-2/h8,10H,3-7H2,1-2H3. The van der Waals surface area contributed by atoms with Gasteiger partial charge in [0.1, 0.15) is 6.33 Å². The molecule has 0 aliphatic heterocycles. The number of ether oxygens (including phenoxy) is 1. The van der Waals surface area contributed by atoms with Crippen molar-refractivity contribution < 1.29 is 4.74 Å². The maximum Gasteiger partial charge on any atom is 0.190 e. The van der Waals surface area contributed by atoms with Gasteiger partial charge < -0.3 is 14.6 Å². The molecular formula is C9H18N4OS. The number of nitrogens with one attached hydrogen (secondary N) is 1. The fourth-order valence-corrected chi connectivity index (χ4v) is 1.87. The topological polar surface area (TPSA) is 52.0 Å². The van der Waals surface area contributed by atoms with Gasteiger partial charge in [-0.25, -0.2) is 0 Å². The predicted octanol–water partition coefficient (Wildman–Crippen LogP) is 0.533. The number of aromatic nitrogens is 3. The number of thioether (sulfide) groups is 1. The Morgan fingerprint density at radius 2 is 2.40 bits per heavy atom. The number of nitrogens with zero attached hydrogens (tertiary/aromatic N) is 3. The number of hydrogen-bond donors (Lipinski definition) is 1. The lowest BCUT2D eigenvalue weighted by atomic mass is 10.4. The largest absolute Gasteiger partial charge is 0.385 e. The van der Waals surface area contributed by atoms with Gasteiger partial charge in [-0.05, 0) is 13.0 Å². The summed E-state index contributed by atoms with van der Waals surface area (Å²) in [6.07, 6.45) is 2.78. The van der Waals surface area contributed by atoms with Crippen LogP contribution in [0.5, 0.6) is 0 Å². The van der Waals surface area contributed by atoms with Gasteiger partial charge in [-0.15, -0.1) is 10.2 Å². The second-order valence-corrected chi connectivity index (χ2v) is 4.23. The average Bonchev–Trinajstić information content (AvgIpc) is 2.63. The number of aryl methyl sites for hydroxylation is 1. The number of hydrogen-bond acceptors (Lipinski definition) is 5. The molecule has 0 aromatic carbocycles. The van der Waals surface area contributed by atoms with Gasteiger partial charge in [-0.2, -0.15) is 0 Å². The van der Waals surface area contributed by atoms with Gasteiger partial charge in [0.25, 0.3) is 0 Å². The van der Waals surface area contributed by atoms with Gasteiger partial charge >= 0.3 is 0 Å². The van der Waals surface area contributed by atoms with E-state index in [0.29, 0.717) is 0 Å². The third-order valence-electron chi connectivity index (χ3n) is 1.88. The molecule has 86 valence electrons. The molecule has 0 atom stereocenters. The van der Waals surface area contributed by atoms with E-state index in [1.54, 1.807) is 25.2 Å². The van der Waals surface area contributed by atoms with Crippen LogP contribution in [0.1, 0.15) is 6.42 Å². The summed E-state index contributed by atoms with van der Waals surface area (Å²) in [5.41, 5.74) is 0. The summed E-state index contributed by atoms with van der Waals surface area (Å²) in [4.78, 5) is 0. The van der Waals surface area contributed by atoms with Crippen LogP contribution < -0.4 is 5.32 Å². The Bertz CT molecular complexity index is 266. The molecular weight excluding hydrogens is 212 g/mol. The summed E-state index contributed by atoms with van der Waals surface area (Å²) >= 11 is 1.71. The molecule has 0 aliphatic carbocycles. The molecule has 0 bridgehead atoms. The van der Waals surface area contributed by atoms with Gasteiger partial charge in [0.15, 0.2) is 5.16 Å². The molecule has 0 radical (unpaired) electrons. The summed E-state index contributed by atoms with van der Waals surface area (Å²) in [6.45, 7) is 2.82. The van der Waals surface area contributed by atoms with E-state index in [-0.39, 0.29) is 0 Å². The third-order valence-corrected chi connectivity index (χ3v) is 2.92. The summed E-state index contributed by atoms with van der Waals surface area (Å²) in [7, 11) is 3.68. The molecule has 0 unspecified atom stereocenters. The Balaban J connectivity index is 1.96. The lowest BCUT2D eigenvalue weighted by Gasteiger charge is -2.03. The molecule has 1 N–H and O–H groups in total. The zero-order chi connectivity index (χ0) is 10.9. The molecule has 6 heteroatoms. The van der Waals surface area contributed by atoms with Crippen molar-refractivity contribution in [1.29, 1.82) is 0 Å². The highest BCUT2D eigenvalue weighted by atomic mass is 32.2. The van der Waals surface area contributed by atoms with E-state index in [0.717, 1.165) is 37.0 Å². The molecule has 1 rings (SSSR count). The van der Waals surface area contributed by atoms with E-state index in [1.165, 1.54) is 0 Å². The molecule has 1 heterocycles. The van der Waals surface area contributed by atoms with Crippen LogP contribution in [0.4, 0.5) is 0 Å². The lowest BCUT2D eigenvalue weighted by molar-refractivity contribution is 0.194. The highest BCUT2D eigenvalue weighted by Crippen LogP contribution is 2.11. The van der Waals surface area contributed by atoms with Gasteiger partial charge in [-0.1, -0.05) is 11.8 Å². The van der Waals surface area contributed by atoms with Crippen molar-refractivity contribution in [2.45, 2.75) is 11.6 Å². The molecule has 0 saturated heterocycles. The minimum atomic E-state index is 0.823. The Labute approximate surface area is 94.6 Å². The number of methoxy groups -OCH3 is 1. The van der Waals surface area contributed by atoms with Crippen LogP contribution in [-0.2, 0) is 11.8 Å². The molecule has 15 heavy (non-hydrogen) atoms. The highest BCUT2D eigenvalue weighted by molar-refractivity contribution is 7.99. The Morgan fingerprint density at radius 1 is 1.53 bits per heavy atom. The van der Waals surface area contributed by atoms with Gasteiger partial charge in [0.05, 0.1) is 0 Å². The molecule has 1 aromatic heterocycles. The zero-order valence-electron chi connectivity index (χ0n) is 9.27. The minimum Gasteiger partial charge on any atom is -0.385 e. The van der Waals surface area contributed by atoms with E-state index in [9.17, 15) is 0 Å². The van der Waals surface area contributed by atoms with E-state index >= 15 is 0 Å². The summed E-state index contributed by atoms with van der Waals surface area (Å²) in [6, 6.07) is 0. The molecule has 5 nitrogen and oxygen atoms in total. The normalized spacial score (nSPS) is 10.8. The average molecular weight is 230 g/mol. The summed E-state index contributed by atoms with van der Waals surface area (Å²) in [5, 5.41) is 12.1. The fraction of sp³-hybridized carbons (Fsp3) is 0.778. The quantitative estimate of drug-likeness (QED) is 0.521. The second kappa shape index (κ2) is 7.67. The van der Waals surface area contributed by atoms with Crippen molar-refractivity contribution in [1.82, 2.24) is 20.1 Å². The Kier molecular flexibility index (Phi) is 6.38. The van der Waals surface area contributed by atoms with Crippen LogP contribution in [0.3, 0.4) is 0 Å². The van der Waals surface area contributed by atoms with Crippen molar-refractivity contribution in [3.8, 4) is 0 Å². The summed E-state index contributed by atoms with van der Waals surface area (Å²) in [5.74, 6) is 1.01. The zero-order valence-corrected chi connectivity index (χ0v) is 10.1. The van der Waals surface area contributed by atoms with Crippen molar-refractivity contribution in [2.24, 2.45) is 7.05 Å². The van der Waals surface area contributed by atoms with Crippen molar-refractivity contribution in [3.05, 3.63) is 6.33 Å². The molecule has 0 fully saturated rings. The number of rotatable bonds is 8. The molecule has 0 spiro atoms. The first-order chi connectivity index (χ1) is 7.34. The predicted molar refractivity (Wildman–Crippen MR) is 61.1 cm³/mol. The van der Waals surface area contributed by atoms with Crippen LogP contribution in [0, 0.1) is 0 Å². The van der Waals surface area contributed by atoms with Crippen LogP contribution in [0.15, 0.2) is 11.5 Å². The maximum atomic E-state index is 4.96.